The predicted molar refractivity (Wildman–Crippen MR) is 115 cm³/mol. The number of anilines is 2. The van der Waals surface area contributed by atoms with Gasteiger partial charge in [0, 0.05) is 16.2 Å². The predicted octanol–water partition coefficient (Wildman–Crippen LogP) is 4.87. The number of hydrogen-bond acceptors (Lipinski definition) is 6. The topological polar surface area (TPSA) is 84.5 Å². The van der Waals surface area contributed by atoms with Gasteiger partial charge < -0.3 is 15.4 Å². The largest absolute Gasteiger partial charge is 0.465 e. The molecule has 170 valence electrons. The fraction of sp³-hybridized carbons (Fsp3) is 0.381. The molecular formula is C21H19F3N2O4S2. The van der Waals surface area contributed by atoms with Gasteiger partial charge >= 0.3 is 12.1 Å². The van der Waals surface area contributed by atoms with Gasteiger partial charge in [-0.05, 0) is 49.4 Å². The van der Waals surface area contributed by atoms with E-state index in [1.165, 1.54) is 24.5 Å². The number of alkyl halides is 3. The van der Waals surface area contributed by atoms with Crippen molar-refractivity contribution in [2.24, 2.45) is 0 Å². The molecule has 0 spiro atoms. The maximum Gasteiger partial charge on any atom is 0.416 e. The summed E-state index contributed by atoms with van der Waals surface area (Å²) in [5.41, 5.74) is 0.490. The maximum atomic E-state index is 12.9. The molecule has 0 radical (unpaired) electrons. The minimum Gasteiger partial charge on any atom is -0.465 e. The number of esters is 1. The van der Waals surface area contributed by atoms with Crippen molar-refractivity contribution in [1.29, 1.82) is 0 Å². The number of methoxy groups -OCH3 is 1. The average Bonchev–Trinajstić information content (AvgIpc) is 3.10. The number of thiophene rings is 1. The van der Waals surface area contributed by atoms with Crippen molar-refractivity contribution in [3.63, 3.8) is 0 Å². The number of hydrogen-bond donors (Lipinski definition) is 2. The van der Waals surface area contributed by atoms with E-state index in [0.29, 0.717) is 15.5 Å². The van der Waals surface area contributed by atoms with Gasteiger partial charge in [-0.25, -0.2) is 4.79 Å². The summed E-state index contributed by atoms with van der Waals surface area (Å²) in [5, 5.41) is 4.80. The number of benzene rings is 1. The summed E-state index contributed by atoms with van der Waals surface area (Å²) in [6, 6.07) is 3.12. The molecule has 1 aliphatic heterocycles. The Morgan fingerprint density at radius 3 is 2.72 bits per heavy atom. The standard InChI is InChI=1S/C21H19F3N2O4S2/c1-30-20(29)17-11-4-2-3-5-13(11)32-19(17)26-16(27)9-15-18(28)25-12-8-10(21(22,23)24)6-7-14(12)31-15/h6-8,15H,2-5,9H2,1H3,(H,25,28)(H,26,27)/t15-/m1/s1. The summed E-state index contributed by atoms with van der Waals surface area (Å²) in [5.74, 6) is -1.52. The molecule has 2 aliphatic rings. The van der Waals surface area contributed by atoms with E-state index in [1.54, 1.807) is 0 Å². The van der Waals surface area contributed by atoms with Crippen molar-refractivity contribution in [2.45, 2.75) is 48.4 Å². The first kappa shape index (κ1) is 22.7. The molecule has 4 rings (SSSR count). The molecule has 0 saturated heterocycles. The number of halogens is 3. The number of amides is 2. The van der Waals surface area contributed by atoms with Gasteiger partial charge in [-0.1, -0.05) is 0 Å². The molecule has 2 N–H and O–H groups in total. The van der Waals surface area contributed by atoms with Crippen LogP contribution in [0.25, 0.3) is 0 Å². The molecule has 0 unspecified atom stereocenters. The molecular weight excluding hydrogens is 465 g/mol. The second-order valence-electron chi connectivity index (χ2n) is 7.46. The molecule has 6 nitrogen and oxygen atoms in total. The fourth-order valence-electron chi connectivity index (χ4n) is 3.78. The third kappa shape index (κ3) is 4.49. The van der Waals surface area contributed by atoms with Gasteiger partial charge in [0.25, 0.3) is 0 Å². The summed E-state index contributed by atoms with van der Waals surface area (Å²) in [6.45, 7) is 0. The van der Waals surface area contributed by atoms with E-state index in [9.17, 15) is 27.6 Å². The highest BCUT2D eigenvalue weighted by molar-refractivity contribution is 8.01. The normalized spacial score (nSPS) is 17.8. The van der Waals surface area contributed by atoms with E-state index in [4.69, 9.17) is 4.74 Å². The Morgan fingerprint density at radius 2 is 2.00 bits per heavy atom. The van der Waals surface area contributed by atoms with E-state index in [0.717, 1.165) is 60.0 Å². The van der Waals surface area contributed by atoms with Gasteiger partial charge in [-0.3, -0.25) is 9.59 Å². The van der Waals surface area contributed by atoms with Crippen LogP contribution in [0.4, 0.5) is 23.9 Å². The van der Waals surface area contributed by atoms with Gasteiger partial charge in [-0.15, -0.1) is 23.1 Å². The number of fused-ring (bicyclic) bond motifs is 2. The lowest BCUT2D eigenvalue weighted by Crippen LogP contribution is -2.32. The smallest absolute Gasteiger partial charge is 0.416 e. The molecule has 2 heterocycles. The van der Waals surface area contributed by atoms with Crippen molar-refractivity contribution in [3.8, 4) is 0 Å². The Kier molecular flexibility index (Phi) is 6.22. The van der Waals surface area contributed by atoms with Gasteiger partial charge in [0.1, 0.15) is 5.00 Å². The van der Waals surface area contributed by atoms with Crippen LogP contribution < -0.4 is 10.6 Å². The van der Waals surface area contributed by atoms with Gasteiger partial charge in [0.05, 0.1) is 29.2 Å². The van der Waals surface area contributed by atoms with Gasteiger partial charge in [0.2, 0.25) is 11.8 Å². The number of ether oxygens (including phenoxy) is 1. The molecule has 1 aliphatic carbocycles. The third-order valence-electron chi connectivity index (χ3n) is 5.31. The number of carbonyl (C=O) groups excluding carboxylic acids is 3. The summed E-state index contributed by atoms with van der Waals surface area (Å²) in [7, 11) is 1.28. The molecule has 0 saturated carbocycles. The van der Waals surface area contributed by atoms with Crippen molar-refractivity contribution in [3.05, 3.63) is 39.8 Å². The molecule has 32 heavy (non-hydrogen) atoms. The van der Waals surface area contributed by atoms with Gasteiger partial charge in [0.15, 0.2) is 0 Å². The maximum absolute atomic E-state index is 12.9. The first-order valence-electron chi connectivity index (χ1n) is 9.89. The molecule has 2 aromatic rings. The summed E-state index contributed by atoms with van der Waals surface area (Å²) in [4.78, 5) is 38.9. The minimum atomic E-state index is -4.52. The molecule has 0 fully saturated rings. The van der Waals surface area contributed by atoms with Crippen LogP contribution in [0.5, 0.6) is 0 Å². The minimum absolute atomic E-state index is 0.0744. The van der Waals surface area contributed by atoms with Gasteiger partial charge in [-0.2, -0.15) is 13.2 Å². The highest BCUT2D eigenvalue weighted by Gasteiger charge is 2.35. The molecule has 0 bridgehead atoms. The van der Waals surface area contributed by atoms with Crippen LogP contribution in [0.15, 0.2) is 23.1 Å². The van der Waals surface area contributed by atoms with Crippen LogP contribution in [0.2, 0.25) is 0 Å². The van der Waals surface area contributed by atoms with Crippen LogP contribution in [0, 0.1) is 0 Å². The van der Waals surface area contributed by atoms with Crippen molar-refractivity contribution in [2.75, 3.05) is 17.7 Å². The number of aryl methyl sites for hydroxylation is 1. The average molecular weight is 485 g/mol. The monoisotopic (exact) mass is 484 g/mol. The molecule has 1 aromatic carbocycles. The number of thioether (sulfide) groups is 1. The Labute approximate surface area is 189 Å². The zero-order valence-electron chi connectivity index (χ0n) is 16.9. The van der Waals surface area contributed by atoms with E-state index >= 15 is 0 Å². The molecule has 1 atom stereocenters. The number of nitrogens with one attached hydrogen (secondary N) is 2. The molecule has 11 heteroatoms. The quantitative estimate of drug-likeness (QED) is 0.605. The van der Waals surface area contributed by atoms with E-state index < -0.39 is 34.8 Å². The summed E-state index contributed by atoms with van der Waals surface area (Å²) >= 11 is 2.38. The fourth-order valence-corrected chi connectivity index (χ4v) is 6.16. The number of carbonyl (C=O) groups is 3. The Bertz CT molecular complexity index is 1100. The lowest BCUT2D eigenvalue weighted by atomic mass is 9.95. The van der Waals surface area contributed by atoms with Crippen LogP contribution in [-0.4, -0.2) is 30.1 Å². The number of rotatable bonds is 4. The molecule has 1 aromatic heterocycles. The van der Waals surface area contributed by atoms with Crippen molar-refractivity contribution in [1.82, 2.24) is 0 Å². The summed E-state index contributed by atoms with van der Waals surface area (Å²) in [6.07, 6.45) is -1.18. The first-order chi connectivity index (χ1) is 15.2. The Hall–Kier alpha value is -2.53. The van der Waals surface area contributed by atoms with E-state index in [1.807, 2.05) is 0 Å². The lowest BCUT2D eigenvalue weighted by molar-refractivity contribution is -0.137. The lowest BCUT2D eigenvalue weighted by Gasteiger charge is -2.24. The SMILES string of the molecule is COC(=O)c1c(NC(=O)C[C@H]2Sc3ccc(C(F)(F)F)cc3NC2=O)sc2c1CCCC2. The van der Waals surface area contributed by atoms with Crippen LogP contribution in [0.1, 0.15) is 45.6 Å². The van der Waals surface area contributed by atoms with Crippen LogP contribution in [0.3, 0.4) is 0 Å². The highest BCUT2D eigenvalue weighted by atomic mass is 32.2. The van der Waals surface area contributed by atoms with E-state index in [-0.39, 0.29) is 12.1 Å². The Balaban J connectivity index is 1.49. The Morgan fingerprint density at radius 1 is 1.25 bits per heavy atom. The second-order valence-corrected chi connectivity index (χ2v) is 9.81. The second kappa shape index (κ2) is 8.78. The van der Waals surface area contributed by atoms with Crippen LogP contribution in [-0.2, 0) is 33.3 Å². The molecule has 2 amide bonds. The third-order valence-corrected chi connectivity index (χ3v) is 7.79. The zero-order valence-corrected chi connectivity index (χ0v) is 18.6. The van der Waals surface area contributed by atoms with Crippen molar-refractivity contribution < 1.29 is 32.3 Å². The first-order valence-corrected chi connectivity index (χ1v) is 11.6. The van der Waals surface area contributed by atoms with Crippen molar-refractivity contribution >= 4 is 51.6 Å². The summed E-state index contributed by atoms with van der Waals surface area (Å²) < 4.78 is 43.6. The van der Waals surface area contributed by atoms with E-state index in [2.05, 4.69) is 10.6 Å². The zero-order chi connectivity index (χ0) is 23.0. The highest BCUT2D eigenvalue weighted by Crippen LogP contribution is 2.42. The van der Waals surface area contributed by atoms with Crippen LogP contribution >= 0.6 is 23.1 Å².